The van der Waals surface area contributed by atoms with E-state index in [9.17, 15) is 0 Å². The molecule has 0 spiro atoms. The average molecular weight is 280 g/mol. The van der Waals surface area contributed by atoms with Crippen molar-refractivity contribution in [3.8, 4) is 0 Å². The van der Waals surface area contributed by atoms with Gasteiger partial charge in [0.2, 0.25) is 0 Å². The molecule has 0 amide bonds. The molecule has 0 saturated carbocycles. The van der Waals surface area contributed by atoms with Crippen molar-refractivity contribution in [2.75, 3.05) is 0 Å². The predicted molar refractivity (Wildman–Crippen MR) is 60.8 cm³/mol. The summed E-state index contributed by atoms with van der Waals surface area (Å²) in [5.74, 6) is 0. The van der Waals surface area contributed by atoms with Crippen LogP contribution in [-0.4, -0.2) is 15.6 Å². The van der Waals surface area contributed by atoms with Gasteiger partial charge in [0.15, 0.2) is 0 Å². The molecule has 1 nitrogen and oxygen atoms in total. The molecule has 0 aliphatic heterocycles. The Balaban J connectivity index is 2.50. The molecule has 0 aromatic heterocycles. The van der Waals surface area contributed by atoms with E-state index in [0.717, 1.165) is 0 Å². The van der Waals surface area contributed by atoms with Crippen molar-refractivity contribution in [3.05, 3.63) is 12.2 Å². The van der Waals surface area contributed by atoms with E-state index in [4.69, 9.17) is 4.74 Å². The van der Waals surface area contributed by atoms with Gasteiger partial charge in [-0.15, -0.1) is 0 Å². The zero-order valence-corrected chi connectivity index (χ0v) is 10.2. The predicted octanol–water partition coefficient (Wildman–Crippen LogP) is 3.32. The van der Waals surface area contributed by atoms with E-state index in [1.165, 1.54) is 12.8 Å². The Labute approximate surface area is 88.7 Å². The minimum absolute atomic E-state index is 0.0181. The molecule has 1 aliphatic carbocycles. The van der Waals surface area contributed by atoms with Crippen LogP contribution in [0.1, 0.15) is 33.6 Å². The second kappa shape index (κ2) is 4.09. The van der Waals surface area contributed by atoms with E-state index in [1.807, 2.05) is 0 Å². The standard InChI is InChI=1S/C10H17IO/c1-10(2,3)12-9-7-5-4-6-8(9)11/h5,7-9H,4,6H2,1-3H3/t8-,9-/m1/s1. The van der Waals surface area contributed by atoms with Crippen LogP contribution in [0, 0.1) is 0 Å². The lowest BCUT2D eigenvalue weighted by molar-refractivity contribution is -0.0385. The summed E-state index contributed by atoms with van der Waals surface area (Å²) in [4.78, 5) is 0. The van der Waals surface area contributed by atoms with Gasteiger partial charge in [0.05, 0.1) is 11.7 Å². The monoisotopic (exact) mass is 280 g/mol. The number of rotatable bonds is 1. The second-order valence-electron chi connectivity index (χ2n) is 4.22. The molecule has 0 fully saturated rings. The minimum atomic E-state index is -0.0181. The fourth-order valence-electron chi connectivity index (χ4n) is 1.29. The number of hydrogen-bond donors (Lipinski definition) is 0. The lowest BCUT2D eigenvalue weighted by atomic mass is 10.0. The Morgan fingerprint density at radius 2 is 2.08 bits per heavy atom. The maximum Gasteiger partial charge on any atom is 0.0880 e. The highest BCUT2D eigenvalue weighted by molar-refractivity contribution is 14.1. The summed E-state index contributed by atoms with van der Waals surface area (Å²) < 4.78 is 6.54. The third-order valence-corrected chi connectivity index (χ3v) is 3.11. The van der Waals surface area contributed by atoms with Crippen LogP contribution in [0.2, 0.25) is 0 Å². The highest BCUT2D eigenvalue weighted by Crippen LogP contribution is 2.25. The van der Waals surface area contributed by atoms with Crippen molar-refractivity contribution >= 4 is 22.6 Å². The summed E-state index contributed by atoms with van der Waals surface area (Å²) in [5, 5.41) is 0. The summed E-state index contributed by atoms with van der Waals surface area (Å²) in [5.41, 5.74) is -0.0181. The van der Waals surface area contributed by atoms with E-state index in [0.29, 0.717) is 10.0 Å². The quantitative estimate of drug-likeness (QED) is 0.407. The van der Waals surface area contributed by atoms with Crippen molar-refractivity contribution in [1.82, 2.24) is 0 Å². The van der Waals surface area contributed by atoms with Gasteiger partial charge in [0.25, 0.3) is 0 Å². The van der Waals surface area contributed by atoms with Crippen molar-refractivity contribution in [1.29, 1.82) is 0 Å². The molecule has 1 aliphatic rings. The number of alkyl halides is 1. The first-order valence-electron chi connectivity index (χ1n) is 4.47. The molecule has 0 unspecified atom stereocenters. The molecule has 70 valence electrons. The number of hydrogen-bond acceptors (Lipinski definition) is 1. The van der Waals surface area contributed by atoms with E-state index in [-0.39, 0.29) is 5.60 Å². The highest BCUT2D eigenvalue weighted by atomic mass is 127. The van der Waals surface area contributed by atoms with Gasteiger partial charge >= 0.3 is 0 Å². The van der Waals surface area contributed by atoms with Gasteiger partial charge in [-0.05, 0) is 33.6 Å². The van der Waals surface area contributed by atoms with Crippen molar-refractivity contribution in [3.63, 3.8) is 0 Å². The summed E-state index contributed by atoms with van der Waals surface area (Å²) in [6, 6.07) is 0. The third kappa shape index (κ3) is 3.44. The average Bonchev–Trinajstić information content (AvgIpc) is 1.91. The Morgan fingerprint density at radius 1 is 1.42 bits per heavy atom. The van der Waals surface area contributed by atoms with Crippen LogP contribution in [0.4, 0.5) is 0 Å². The maximum atomic E-state index is 5.90. The van der Waals surface area contributed by atoms with Crippen molar-refractivity contribution in [2.24, 2.45) is 0 Å². The van der Waals surface area contributed by atoms with Gasteiger partial charge in [0.1, 0.15) is 0 Å². The van der Waals surface area contributed by atoms with Gasteiger partial charge in [-0.1, -0.05) is 34.7 Å². The molecule has 0 saturated heterocycles. The van der Waals surface area contributed by atoms with Crippen LogP contribution in [-0.2, 0) is 4.74 Å². The van der Waals surface area contributed by atoms with E-state index < -0.39 is 0 Å². The maximum absolute atomic E-state index is 5.90. The van der Waals surface area contributed by atoms with Crippen LogP contribution in [0.15, 0.2) is 12.2 Å². The van der Waals surface area contributed by atoms with Crippen LogP contribution in [0.3, 0.4) is 0 Å². The Morgan fingerprint density at radius 3 is 2.58 bits per heavy atom. The van der Waals surface area contributed by atoms with Crippen LogP contribution in [0.5, 0.6) is 0 Å². The number of ether oxygens (including phenoxy) is 1. The Kier molecular flexibility index (Phi) is 3.58. The SMILES string of the molecule is CC(C)(C)O[C@@H]1C=CCC[C@H]1I. The van der Waals surface area contributed by atoms with E-state index in [1.54, 1.807) is 0 Å². The molecule has 1 rings (SSSR count). The zero-order chi connectivity index (χ0) is 9.19. The topological polar surface area (TPSA) is 9.23 Å². The molecule has 0 heterocycles. The molecule has 0 bridgehead atoms. The van der Waals surface area contributed by atoms with Gasteiger partial charge in [-0.2, -0.15) is 0 Å². The minimum Gasteiger partial charge on any atom is -0.367 e. The van der Waals surface area contributed by atoms with E-state index in [2.05, 4.69) is 55.5 Å². The smallest absolute Gasteiger partial charge is 0.0880 e. The normalized spacial score (nSPS) is 30.7. The lowest BCUT2D eigenvalue weighted by Crippen LogP contribution is -2.33. The van der Waals surface area contributed by atoms with Crippen LogP contribution in [0.25, 0.3) is 0 Å². The zero-order valence-electron chi connectivity index (χ0n) is 8.01. The van der Waals surface area contributed by atoms with Crippen molar-refractivity contribution < 1.29 is 4.74 Å². The summed E-state index contributed by atoms with van der Waals surface area (Å²) in [6.07, 6.45) is 7.20. The lowest BCUT2D eigenvalue weighted by Gasteiger charge is -2.30. The summed E-state index contributed by atoms with van der Waals surface area (Å²) in [7, 11) is 0. The largest absolute Gasteiger partial charge is 0.367 e. The Bertz CT molecular complexity index is 169. The number of halogens is 1. The summed E-state index contributed by atoms with van der Waals surface area (Å²) in [6.45, 7) is 6.33. The molecule has 0 N–H and O–H groups in total. The third-order valence-electron chi connectivity index (χ3n) is 1.78. The van der Waals surface area contributed by atoms with Crippen LogP contribution >= 0.6 is 22.6 Å². The molecule has 0 aromatic carbocycles. The second-order valence-corrected chi connectivity index (χ2v) is 5.82. The Hall–Kier alpha value is 0.430. The molecular formula is C10H17IO. The van der Waals surface area contributed by atoms with Gasteiger partial charge in [-0.25, -0.2) is 0 Å². The first-order chi connectivity index (χ1) is 5.49. The van der Waals surface area contributed by atoms with Gasteiger partial charge in [-0.3, -0.25) is 0 Å². The number of allylic oxidation sites excluding steroid dienone is 1. The highest BCUT2D eigenvalue weighted by Gasteiger charge is 2.24. The first kappa shape index (κ1) is 10.5. The fraction of sp³-hybridized carbons (Fsp3) is 0.800. The molecule has 2 heteroatoms. The molecule has 12 heavy (non-hydrogen) atoms. The fourth-order valence-corrected chi connectivity index (χ4v) is 2.04. The van der Waals surface area contributed by atoms with Crippen LogP contribution < -0.4 is 0 Å². The van der Waals surface area contributed by atoms with Gasteiger partial charge < -0.3 is 4.74 Å². The molecule has 2 atom stereocenters. The molecule has 0 aromatic rings. The van der Waals surface area contributed by atoms with Gasteiger partial charge in [0, 0.05) is 3.92 Å². The van der Waals surface area contributed by atoms with Crippen molar-refractivity contribution in [2.45, 2.75) is 49.2 Å². The van der Waals surface area contributed by atoms with E-state index >= 15 is 0 Å². The molecule has 0 radical (unpaired) electrons. The first-order valence-corrected chi connectivity index (χ1v) is 5.72. The summed E-state index contributed by atoms with van der Waals surface area (Å²) >= 11 is 2.48. The molecular weight excluding hydrogens is 263 g/mol.